The van der Waals surface area contributed by atoms with E-state index < -0.39 is 0 Å². The number of nitrogens with zero attached hydrogens (tertiary/aromatic N) is 1. The Morgan fingerprint density at radius 2 is 1.47 bits per heavy atom. The van der Waals surface area contributed by atoms with Crippen molar-refractivity contribution in [3.63, 3.8) is 0 Å². The first kappa shape index (κ1) is 22.3. The Bertz CT molecular complexity index is 873. The Labute approximate surface area is 182 Å². The zero-order valence-corrected chi connectivity index (χ0v) is 18.6. The summed E-state index contributed by atoms with van der Waals surface area (Å²) in [6, 6.07) is 19.1. The van der Waals surface area contributed by atoms with Crippen LogP contribution in [0.2, 0.25) is 0 Å². The molecule has 0 aliphatic rings. The molecule has 0 amide bonds. The van der Waals surface area contributed by atoms with Crippen LogP contribution in [0, 0.1) is 0 Å². The minimum absolute atomic E-state index is 0.815. The maximum absolute atomic E-state index is 6.16. The Hall–Kier alpha value is -2.35. The number of hydrogen-bond donors (Lipinski definition) is 0. The lowest BCUT2D eigenvalue weighted by molar-refractivity contribution is 0.301. The molecule has 2 nitrogen and oxygen atoms in total. The molecule has 0 aliphatic heterocycles. The van der Waals surface area contributed by atoms with Crippen molar-refractivity contribution in [2.75, 3.05) is 6.61 Å². The Morgan fingerprint density at radius 3 is 2.27 bits per heavy atom. The van der Waals surface area contributed by atoms with Crippen molar-refractivity contribution in [2.45, 2.75) is 77.6 Å². The lowest BCUT2D eigenvalue weighted by atomic mass is 10.0. The molecule has 0 N–H and O–H groups in total. The summed E-state index contributed by atoms with van der Waals surface area (Å²) in [6.45, 7) is 3.09. The molecule has 2 aromatic carbocycles. The fourth-order valence-electron chi connectivity index (χ4n) is 4.02. The van der Waals surface area contributed by atoms with Crippen molar-refractivity contribution in [3.8, 4) is 5.75 Å². The monoisotopic (exact) mass is 403 g/mol. The van der Waals surface area contributed by atoms with E-state index in [1.165, 1.54) is 74.3 Å². The van der Waals surface area contributed by atoms with E-state index in [0.717, 1.165) is 30.7 Å². The third-order valence-electron chi connectivity index (χ3n) is 5.79. The van der Waals surface area contributed by atoms with Gasteiger partial charge >= 0.3 is 0 Å². The molecule has 160 valence electrons. The van der Waals surface area contributed by atoms with Crippen LogP contribution in [0.1, 0.15) is 82.3 Å². The van der Waals surface area contributed by atoms with Gasteiger partial charge in [-0.1, -0.05) is 95.0 Å². The van der Waals surface area contributed by atoms with Crippen molar-refractivity contribution < 1.29 is 4.74 Å². The molecular formula is C28H37NO. The molecule has 0 atom stereocenters. The lowest BCUT2D eigenvalue weighted by Crippen LogP contribution is -2.01. The molecule has 0 radical (unpaired) electrons. The van der Waals surface area contributed by atoms with Gasteiger partial charge in [0.2, 0.25) is 0 Å². The first-order valence-corrected chi connectivity index (χ1v) is 11.9. The number of unbranched alkanes of at least 4 members (excludes halogenated alkanes) is 9. The van der Waals surface area contributed by atoms with Crippen molar-refractivity contribution in [2.24, 2.45) is 0 Å². The molecule has 1 aromatic heterocycles. The number of ether oxygens (including phenoxy) is 1. The number of rotatable bonds is 14. The van der Waals surface area contributed by atoms with Crippen molar-refractivity contribution >= 4 is 10.9 Å². The second kappa shape index (κ2) is 13.1. The summed E-state index contributed by atoms with van der Waals surface area (Å²) in [5.41, 5.74) is 3.60. The highest BCUT2D eigenvalue weighted by Gasteiger charge is 2.05. The summed E-state index contributed by atoms with van der Waals surface area (Å²) in [6.07, 6.45) is 16.2. The maximum Gasteiger partial charge on any atom is 0.122 e. The summed E-state index contributed by atoms with van der Waals surface area (Å²) >= 11 is 0. The van der Waals surface area contributed by atoms with Crippen LogP contribution in [0.3, 0.4) is 0 Å². The van der Waals surface area contributed by atoms with E-state index in [-0.39, 0.29) is 0 Å². The second-order valence-electron chi connectivity index (χ2n) is 8.35. The molecule has 1 heterocycles. The van der Waals surface area contributed by atoms with Gasteiger partial charge < -0.3 is 4.74 Å². The van der Waals surface area contributed by atoms with Gasteiger partial charge in [-0.25, -0.2) is 0 Å². The average Bonchev–Trinajstić information content (AvgIpc) is 2.78. The SMILES string of the molecule is CCCCCCCCCCCCOc1ccccc1Cc1ccc2ncccc2c1. The highest BCUT2D eigenvalue weighted by atomic mass is 16.5. The molecule has 0 saturated heterocycles. The van der Waals surface area contributed by atoms with E-state index in [1.54, 1.807) is 0 Å². The first-order chi connectivity index (χ1) is 14.9. The van der Waals surface area contributed by atoms with E-state index in [9.17, 15) is 0 Å². The standard InChI is InChI=1S/C28H37NO/c1-2-3-4-5-6-7-8-9-10-13-21-30-28-17-12-11-15-26(28)23-24-18-19-27-25(22-24)16-14-20-29-27/h11-12,14-20,22H,2-10,13,21,23H2,1H3. The van der Waals surface area contributed by atoms with Gasteiger partial charge in [0, 0.05) is 18.0 Å². The molecular weight excluding hydrogens is 366 g/mol. The molecule has 0 saturated carbocycles. The number of pyridine rings is 1. The van der Waals surface area contributed by atoms with Crippen LogP contribution in [0.25, 0.3) is 10.9 Å². The zero-order chi connectivity index (χ0) is 20.9. The highest BCUT2D eigenvalue weighted by molar-refractivity contribution is 5.79. The Balaban J connectivity index is 1.39. The Morgan fingerprint density at radius 1 is 0.733 bits per heavy atom. The summed E-state index contributed by atoms with van der Waals surface area (Å²) < 4.78 is 6.16. The van der Waals surface area contributed by atoms with Crippen LogP contribution in [0.15, 0.2) is 60.8 Å². The van der Waals surface area contributed by atoms with Gasteiger partial charge in [-0.15, -0.1) is 0 Å². The number of aromatic nitrogens is 1. The largest absolute Gasteiger partial charge is 0.493 e. The third kappa shape index (κ3) is 7.48. The fraction of sp³-hybridized carbons (Fsp3) is 0.464. The summed E-state index contributed by atoms with van der Waals surface area (Å²) in [5, 5.41) is 1.19. The van der Waals surface area contributed by atoms with Gasteiger partial charge in [0.25, 0.3) is 0 Å². The topological polar surface area (TPSA) is 22.1 Å². The second-order valence-corrected chi connectivity index (χ2v) is 8.35. The van der Waals surface area contributed by atoms with Crippen LogP contribution in [-0.4, -0.2) is 11.6 Å². The van der Waals surface area contributed by atoms with E-state index in [0.29, 0.717) is 0 Å². The summed E-state index contributed by atoms with van der Waals surface area (Å²) in [5.74, 6) is 1.03. The van der Waals surface area contributed by atoms with E-state index in [4.69, 9.17) is 4.74 Å². The van der Waals surface area contributed by atoms with Crippen molar-refractivity contribution in [3.05, 3.63) is 71.9 Å². The molecule has 2 heteroatoms. The number of para-hydroxylation sites is 1. The quantitative estimate of drug-likeness (QED) is 0.253. The predicted molar refractivity (Wildman–Crippen MR) is 128 cm³/mol. The van der Waals surface area contributed by atoms with Crippen molar-refractivity contribution in [1.29, 1.82) is 0 Å². The normalized spacial score (nSPS) is 11.1. The van der Waals surface area contributed by atoms with Gasteiger partial charge in [-0.3, -0.25) is 4.98 Å². The zero-order valence-electron chi connectivity index (χ0n) is 18.6. The van der Waals surface area contributed by atoms with Crippen LogP contribution in [0.5, 0.6) is 5.75 Å². The van der Waals surface area contributed by atoms with Gasteiger partial charge in [0.1, 0.15) is 5.75 Å². The number of hydrogen-bond acceptors (Lipinski definition) is 2. The van der Waals surface area contributed by atoms with Gasteiger partial charge in [-0.05, 0) is 41.8 Å². The van der Waals surface area contributed by atoms with Crippen LogP contribution >= 0.6 is 0 Å². The molecule has 0 fully saturated rings. The van der Waals surface area contributed by atoms with Gasteiger partial charge in [0.05, 0.1) is 12.1 Å². The molecule has 0 aliphatic carbocycles. The number of fused-ring (bicyclic) bond motifs is 1. The molecule has 0 unspecified atom stereocenters. The minimum atomic E-state index is 0.815. The molecule has 0 spiro atoms. The van der Waals surface area contributed by atoms with Crippen LogP contribution < -0.4 is 4.74 Å². The van der Waals surface area contributed by atoms with E-state index >= 15 is 0 Å². The summed E-state index contributed by atoms with van der Waals surface area (Å²) in [4.78, 5) is 4.42. The van der Waals surface area contributed by atoms with Crippen molar-refractivity contribution in [1.82, 2.24) is 4.98 Å². The van der Waals surface area contributed by atoms with Crippen LogP contribution in [-0.2, 0) is 6.42 Å². The number of benzene rings is 2. The van der Waals surface area contributed by atoms with E-state index in [2.05, 4.69) is 60.4 Å². The van der Waals surface area contributed by atoms with Crippen LogP contribution in [0.4, 0.5) is 0 Å². The molecule has 3 rings (SSSR count). The molecule has 0 bridgehead atoms. The van der Waals surface area contributed by atoms with E-state index in [1.807, 2.05) is 12.3 Å². The van der Waals surface area contributed by atoms with Gasteiger partial charge in [-0.2, -0.15) is 0 Å². The smallest absolute Gasteiger partial charge is 0.122 e. The first-order valence-electron chi connectivity index (χ1n) is 11.9. The third-order valence-corrected chi connectivity index (χ3v) is 5.79. The maximum atomic E-state index is 6.16. The Kier molecular flexibility index (Phi) is 9.72. The fourth-order valence-corrected chi connectivity index (χ4v) is 4.02. The highest BCUT2D eigenvalue weighted by Crippen LogP contribution is 2.23. The lowest BCUT2D eigenvalue weighted by Gasteiger charge is -2.12. The van der Waals surface area contributed by atoms with Gasteiger partial charge in [0.15, 0.2) is 0 Å². The predicted octanol–water partition coefficient (Wildman–Crippen LogP) is 8.13. The molecule has 30 heavy (non-hydrogen) atoms. The molecule has 3 aromatic rings. The summed E-state index contributed by atoms with van der Waals surface area (Å²) in [7, 11) is 0. The minimum Gasteiger partial charge on any atom is -0.493 e. The average molecular weight is 404 g/mol.